The first-order valence-corrected chi connectivity index (χ1v) is 7.37. The molecule has 0 amide bonds. The second kappa shape index (κ2) is 4.69. The summed E-state index contributed by atoms with van der Waals surface area (Å²) in [7, 11) is 0. The Morgan fingerprint density at radius 1 is 1.47 bits per heavy atom. The molecule has 96 valence electrons. The van der Waals surface area contributed by atoms with Crippen molar-refractivity contribution in [3.05, 3.63) is 16.1 Å². The van der Waals surface area contributed by atoms with Crippen LogP contribution in [-0.2, 0) is 0 Å². The van der Waals surface area contributed by atoms with Crippen molar-refractivity contribution in [2.24, 2.45) is 11.3 Å². The highest BCUT2D eigenvalue weighted by molar-refractivity contribution is 7.11. The van der Waals surface area contributed by atoms with Gasteiger partial charge in [0.05, 0.1) is 6.04 Å². The van der Waals surface area contributed by atoms with Gasteiger partial charge >= 0.3 is 0 Å². The summed E-state index contributed by atoms with van der Waals surface area (Å²) in [5, 5.41) is 4.98. The lowest BCUT2D eigenvalue weighted by Gasteiger charge is -2.22. The van der Waals surface area contributed by atoms with Crippen LogP contribution in [0.5, 0.6) is 0 Å². The minimum Gasteiger partial charge on any atom is -0.305 e. The molecule has 0 saturated heterocycles. The summed E-state index contributed by atoms with van der Waals surface area (Å²) in [6.07, 6.45) is 4.58. The first-order chi connectivity index (χ1) is 7.87. The highest BCUT2D eigenvalue weighted by Gasteiger charge is 2.37. The number of nitrogens with one attached hydrogen (secondary N) is 1. The fourth-order valence-electron chi connectivity index (χ4n) is 3.08. The topological polar surface area (TPSA) is 24.9 Å². The zero-order valence-electron chi connectivity index (χ0n) is 11.6. The van der Waals surface area contributed by atoms with E-state index in [9.17, 15) is 0 Å². The quantitative estimate of drug-likeness (QED) is 0.881. The monoisotopic (exact) mass is 252 g/mol. The van der Waals surface area contributed by atoms with Gasteiger partial charge in [-0.3, -0.25) is 0 Å². The average Bonchev–Trinajstić information content (AvgIpc) is 2.71. The lowest BCUT2D eigenvalue weighted by atomic mass is 9.91. The van der Waals surface area contributed by atoms with Crippen molar-refractivity contribution >= 4 is 11.3 Å². The minimum atomic E-state index is 0.384. The third-order valence-electron chi connectivity index (χ3n) is 3.81. The highest BCUT2D eigenvalue weighted by atomic mass is 32.1. The van der Waals surface area contributed by atoms with Gasteiger partial charge in [0.25, 0.3) is 0 Å². The first-order valence-electron chi connectivity index (χ1n) is 6.56. The van der Waals surface area contributed by atoms with Crippen LogP contribution in [0.25, 0.3) is 0 Å². The normalized spacial score (nSPS) is 29.5. The van der Waals surface area contributed by atoms with Crippen LogP contribution >= 0.6 is 11.3 Å². The largest absolute Gasteiger partial charge is 0.305 e. The molecule has 3 atom stereocenters. The van der Waals surface area contributed by atoms with Gasteiger partial charge in [-0.2, -0.15) is 0 Å². The third kappa shape index (κ3) is 3.08. The van der Waals surface area contributed by atoms with E-state index < -0.39 is 0 Å². The van der Waals surface area contributed by atoms with E-state index in [1.54, 1.807) is 11.3 Å². The minimum absolute atomic E-state index is 0.384. The maximum atomic E-state index is 4.48. The van der Waals surface area contributed by atoms with Crippen LogP contribution in [0, 0.1) is 18.3 Å². The van der Waals surface area contributed by atoms with E-state index in [0.717, 1.165) is 5.92 Å². The molecule has 1 aromatic heterocycles. The molecule has 1 fully saturated rings. The highest BCUT2D eigenvalue weighted by Crippen LogP contribution is 2.41. The van der Waals surface area contributed by atoms with Crippen LogP contribution in [0.4, 0.5) is 0 Å². The van der Waals surface area contributed by atoms with Crippen LogP contribution in [0.1, 0.15) is 56.5 Å². The molecule has 1 saturated carbocycles. The summed E-state index contributed by atoms with van der Waals surface area (Å²) >= 11 is 1.81. The lowest BCUT2D eigenvalue weighted by Crippen LogP contribution is -2.33. The molecule has 3 heteroatoms. The van der Waals surface area contributed by atoms with Crippen LogP contribution in [0.3, 0.4) is 0 Å². The molecule has 1 N–H and O–H groups in total. The fourth-order valence-corrected chi connectivity index (χ4v) is 3.87. The van der Waals surface area contributed by atoms with E-state index in [1.807, 2.05) is 6.20 Å². The predicted octanol–water partition coefficient (Wildman–Crippen LogP) is 3.93. The Labute approximate surface area is 109 Å². The van der Waals surface area contributed by atoms with Crippen molar-refractivity contribution in [3.63, 3.8) is 0 Å². The zero-order chi connectivity index (χ0) is 12.6. The van der Waals surface area contributed by atoms with Gasteiger partial charge in [-0.1, -0.05) is 20.8 Å². The van der Waals surface area contributed by atoms with Gasteiger partial charge in [0.15, 0.2) is 0 Å². The van der Waals surface area contributed by atoms with E-state index in [4.69, 9.17) is 0 Å². The van der Waals surface area contributed by atoms with Gasteiger partial charge in [0.1, 0.15) is 5.01 Å². The standard InChI is InChI=1S/C14H24N2S/c1-9-6-14(4,5)7-12(9)16-11(3)13-15-8-10(2)17-13/h8-9,11-12,16H,6-7H2,1-5H3. The van der Waals surface area contributed by atoms with Crippen LogP contribution < -0.4 is 5.32 Å². The van der Waals surface area contributed by atoms with Gasteiger partial charge in [0, 0.05) is 17.1 Å². The summed E-state index contributed by atoms with van der Waals surface area (Å²) < 4.78 is 0. The van der Waals surface area contributed by atoms with E-state index >= 15 is 0 Å². The number of thiazole rings is 1. The van der Waals surface area contributed by atoms with Crippen LogP contribution in [0.15, 0.2) is 6.20 Å². The summed E-state index contributed by atoms with van der Waals surface area (Å²) in [4.78, 5) is 5.77. The van der Waals surface area contributed by atoms with E-state index in [1.165, 1.54) is 22.7 Å². The smallest absolute Gasteiger partial charge is 0.109 e. The predicted molar refractivity (Wildman–Crippen MR) is 74.4 cm³/mol. The molecule has 17 heavy (non-hydrogen) atoms. The second-order valence-corrected chi connectivity index (χ2v) is 7.62. The Balaban J connectivity index is 1.98. The lowest BCUT2D eigenvalue weighted by molar-refractivity contribution is 0.356. The molecular weight excluding hydrogens is 228 g/mol. The summed E-state index contributed by atoms with van der Waals surface area (Å²) in [5.74, 6) is 0.772. The summed E-state index contributed by atoms with van der Waals surface area (Å²) in [5.41, 5.74) is 0.496. The molecule has 3 unspecified atom stereocenters. The Morgan fingerprint density at radius 2 is 2.18 bits per heavy atom. The average molecular weight is 252 g/mol. The molecule has 1 aromatic rings. The molecule has 1 aliphatic carbocycles. The second-order valence-electron chi connectivity index (χ2n) is 6.35. The maximum absolute atomic E-state index is 4.48. The Bertz CT molecular complexity index is 383. The van der Waals surface area contributed by atoms with Gasteiger partial charge in [-0.05, 0) is 38.0 Å². The third-order valence-corrected chi connectivity index (χ3v) is 4.90. The fraction of sp³-hybridized carbons (Fsp3) is 0.786. The molecule has 2 rings (SSSR count). The Hall–Kier alpha value is -0.410. The molecule has 0 aliphatic heterocycles. The van der Waals surface area contributed by atoms with Crippen molar-refractivity contribution in [2.45, 2.75) is 59.5 Å². The number of hydrogen-bond donors (Lipinski definition) is 1. The van der Waals surface area contributed by atoms with Crippen molar-refractivity contribution < 1.29 is 0 Å². The molecule has 0 spiro atoms. The van der Waals surface area contributed by atoms with Gasteiger partial charge in [0.2, 0.25) is 0 Å². The number of nitrogens with zero attached hydrogens (tertiary/aromatic N) is 1. The molecule has 2 nitrogen and oxygen atoms in total. The number of hydrogen-bond acceptors (Lipinski definition) is 3. The zero-order valence-corrected chi connectivity index (χ0v) is 12.4. The molecule has 0 aromatic carbocycles. The number of rotatable bonds is 3. The van der Waals surface area contributed by atoms with Gasteiger partial charge in [-0.25, -0.2) is 4.98 Å². The van der Waals surface area contributed by atoms with Crippen molar-refractivity contribution in [1.82, 2.24) is 10.3 Å². The SMILES string of the molecule is Cc1cnc(C(C)NC2CC(C)(C)CC2C)s1. The Kier molecular flexibility index (Phi) is 3.60. The van der Waals surface area contributed by atoms with Crippen molar-refractivity contribution in [3.8, 4) is 0 Å². The van der Waals surface area contributed by atoms with Crippen molar-refractivity contribution in [1.29, 1.82) is 0 Å². The van der Waals surface area contributed by atoms with Crippen molar-refractivity contribution in [2.75, 3.05) is 0 Å². The summed E-state index contributed by atoms with van der Waals surface area (Å²) in [6.45, 7) is 11.5. The maximum Gasteiger partial charge on any atom is 0.109 e. The molecule has 0 bridgehead atoms. The van der Waals surface area contributed by atoms with E-state index in [-0.39, 0.29) is 0 Å². The van der Waals surface area contributed by atoms with E-state index in [0.29, 0.717) is 17.5 Å². The number of aryl methyl sites for hydroxylation is 1. The first kappa shape index (κ1) is 13.0. The van der Waals surface area contributed by atoms with Gasteiger partial charge < -0.3 is 5.32 Å². The molecule has 1 aliphatic rings. The molecule has 1 heterocycles. The van der Waals surface area contributed by atoms with Crippen LogP contribution in [0.2, 0.25) is 0 Å². The van der Waals surface area contributed by atoms with Gasteiger partial charge in [-0.15, -0.1) is 11.3 Å². The molecular formula is C14H24N2S. The Morgan fingerprint density at radius 3 is 2.65 bits per heavy atom. The number of aromatic nitrogens is 1. The molecule has 0 radical (unpaired) electrons. The van der Waals surface area contributed by atoms with E-state index in [2.05, 4.69) is 44.9 Å². The summed E-state index contributed by atoms with van der Waals surface area (Å²) in [6, 6.07) is 1.03. The van der Waals surface area contributed by atoms with Crippen LogP contribution in [-0.4, -0.2) is 11.0 Å².